The zero-order valence-corrected chi connectivity index (χ0v) is 15.6. The van der Waals surface area contributed by atoms with Gasteiger partial charge < -0.3 is 9.80 Å². The molecule has 1 aromatic heterocycles. The number of hydrogen-bond donors (Lipinski definition) is 0. The molecule has 1 fully saturated rings. The van der Waals surface area contributed by atoms with E-state index in [4.69, 9.17) is 0 Å². The van der Waals surface area contributed by atoms with E-state index in [9.17, 15) is 4.79 Å². The number of aromatic nitrogens is 2. The number of aryl methyl sites for hydroxylation is 1. The van der Waals surface area contributed by atoms with E-state index < -0.39 is 0 Å². The van der Waals surface area contributed by atoms with Crippen LogP contribution in [0.2, 0.25) is 0 Å². The molecule has 3 heterocycles. The molecule has 1 saturated heterocycles. The molecular formula is C21H26N4O. The topological polar surface area (TPSA) is 49.3 Å². The molecule has 0 bridgehead atoms. The van der Waals surface area contributed by atoms with Crippen LogP contribution in [0.3, 0.4) is 0 Å². The van der Waals surface area contributed by atoms with Crippen molar-refractivity contribution in [3.63, 3.8) is 0 Å². The van der Waals surface area contributed by atoms with Crippen LogP contribution in [0, 0.1) is 12.8 Å². The van der Waals surface area contributed by atoms with Gasteiger partial charge in [0.1, 0.15) is 5.69 Å². The number of nitrogens with zero attached hydrogens (tertiary/aromatic N) is 4. The van der Waals surface area contributed by atoms with E-state index in [1.165, 1.54) is 11.1 Å². The predicted octanol–water partition coefficient (Wildman–Crippen LogP) is 3.22. The Morgan fingerprint density at radius 1 is 1.08 bits per heavy atom. The zero-order chi connectivity index (χ0) is 18.1. The smallest absolute Gasteiger partial charge is 0.272 e. The summed E-state index contributed by atoms with van der Waals surface area (Å²) in [5, 5.41) is 0. The Morgan fingerprint density at radius 2 is 1.81 bits per heavy atom. The lowest BCUT2D eigenvalue weighted by molar-refractivity contribution is 0.0728. The van der Waals surface area contributed by atoms with E-state index in [2.05, 4.69) is 40.0 Å². The molecule has 2 aromatic rings. The lowest BCUT2D eigenvalue weighted by Crippen LogP contribution is -2.37. The number of hydrogen-bond acceptors (Lipinski definition) is 4. The zero-order valence-electron chi connectivity index (χ0n) is 15.6. The van der Waals surface area contributed by atoms with Crippen LogP contribution in [-0.2, 0) is 13.0 Å². The summed E-state index contributed by atoms with van der Waals surface area (Å²) in [6.07, 6.45) is 3.22. The second kappa shape index (κ2) is 7.06. The monoisotopic (exact) mass is 350 g/mol. The molecule has 0 radical (unpaired) electrons. The quantitative estimate of drug-likeness (QED) is 0.834. The largest absolute Gasteiger partial charge is 0.341 e. The van der Waals surface area contributed by atoms with Gasteiger partial charge in [0.2, 0.25) is 5.95 Å². The van der Waals surface area contributed by atoms with Gasteiger partial charge in [-0.25, -0.2) is 9.97 Å². The summed E-state index contributed by atoms with van der Waals surface area (Å²) < 4.78 is 0. The Morgan fingerprint density at radius 3 is 2.58 bits per heavy atom. The molecule has 26 heavy (non-hydrogen) atoms. The Hall–Kier alpha value is -2.43. The van der Waals surface area contributed by atoms with Crippen LogP contribution in [-0.4, -0.2) is 40.4 Å². The molecule has 1 aromatic carbocycles. The van der Waals surface area contributed by atoms with Crippen molar-refractivity contribution in [1.82, 2.24) is 14.9 Å². The minimum absolute atomic E-state index is 0.0108. The molecule has 0 atom stereocenters. The summed E-state index contributed by atoms with van der Waals surface area (Å²) in [5.41, 5.74) is 3.96. The van der Waals surface area contributed by atoms with Gasteiger partial charge in [-0.15, -0.1) is 0 Å². The van der Waals surface area contributed by atoms with Crippen molar-refractivity contribution < 1.29 is 4.79 Å². The van der Waals surface area contributed by atoms with Crippen LogP contribution in [0.15, 0.2) is 30.3 Å². The first-order chi connectivity index (χ1) is 12.6. The van der Waals surface area contributed by atoms with Crippen LogP contribution >= 0.6 is 0 Å². The molecule has 5 nitrogen and oxygen atoms in total. The SMILES string of the molecule is Cc1cc(C(=O)N2CCc3ccccc3C2)nc(N2CCC(C)CC2)n1. The molecule has 0 saturated carbocycles. The molecule has 1 amide bonds. The average Bonchev–Trinajstić information content (AvgIpc) is 2.67. The highest BCUT2D eigenvalue weighted by atomic mass is 16.2. The van der Waals surface area contributed by atoms with E-state index in [-0.39, 0.29) is 5.91 Å². The normalized spacial score (nSPS) is 17.9. The Labute approximate surface area is 155 Å². The van der Waals surface area contributed by atoms with Gasteiger partial charge in [0.15, 0.2) is 0 Å². The number of benzene rings is 1. The van der Waals surface area contributed by atoms with Gasteiger partial charge in [0.05, 0.1) is 0 Å². The third-order valence-corrected chi connectivity index (χ3v) is 5.55. The Balaban J connectivity index is 1.55. The van der Waals surface area contributed by atoms with Crippen LogP contribution in [0.4, 0.5) is 5.95 Å². The van der Waals surface area contributed by atoms with Crippen molar-refractivity contribution in [3.8, 4) is 0 Å². The Bertz CT molecular complexity index is 811. The van der Waals surface area contributed by atoms with Crippen molar-refractivity contribution in [2.75, 3.05) is 24.5 Å². The summed E-state index contributed by atoms with van der Waals surface area (Å²) in [6, 6.07) is 10.2. The highest BCUT2D eigenvalue weighted by molar-refractivity contribution is 5.92. The summed E-state index contributed by atoms with van der Waals surface area (Å²) in [4.78, 5) is 26.4. The fourth-order valence-electron chi connectivity index (χ4n) is 3.84. The van der Waals surface area contributed by atoms with Crippen LogP contribution in [0.5, 0.6) is 0 Å². The number of carbonyl (C=O) groups is 1. The van der Waals surface area contributed by atoms with E-state index >= 15 is 0 Å². The van der Waals surface area contributed by atoms with Crippen molar-refractivity contribution in [1.29, 1.82) is 0 Å². The fraction of sp³-hybridized carbons (Fsp3) is 0.476. The van der Waals surface area contributed by atoms with Gasteiger partial charge >= 0.3 is 0 Å². The molecule has 0 spiro atoms. The molecule has 0 unspecified atom stereocenters. The minimum atomic E-state index is 0.0108. The number of rotatable bonds is 2. The summed E-state index contributed by atoms with van der Waals surface area (Å²) >= 11 is 0. The molecule has 0 aliphatic carbocycles. The maximum atomic E-state index is 13.1. The number of carbonyl (C=O) groups excluding carboxylic acids is 1. The molecule has 5 heteroatoms. The highest BCUT2D eigenvalue weighted by Gasteiger charge is 2.25. The van der Waals surface area contributed by atoms with Crippen molar-refractivity contribution in [2.24, 2.45) is 5.92 Å². The fourth-order valence-corrected chi connectivity index (χ4v) is 3.84. The maximum Gasteiger partial charge on any atom is 0.272 e. The molecule has 4 rings (SSSR count). The van der Waals surface area contributed by atoms with Crippen molar-refractivity contribution in [3.05, 3.63) is 52.8 Å². The Kier molecular flexibility index (Phi) is 4.62. The predicted molar refractivity (Wildman–Crippen MR) is 102 cm³/mol. The number of anilines is 1. The lowest BCUT2D eigenvalue weighted by Gasteiger charge is -2.31. The van der Waals surface area contributed by atoms with Gasteiger partial charge in [0.25, 0.3) is 5.91 Å². The van der Waals surface area contributed by atoms with Gasteiger partial charge in [-0.05, 0) is 49.3 Å². The van der Waals surface area contributed by atoms with Crippen LogP contribution in [0.25, 0.3) is 0 Å². The maximum absolute atomic E-state index is 13.1. The van der Waals surface area contributed by atoms with Gasteiger partial charge in [-0.2, -0.15) is 0 Å². The second-order valence-electron chi connectivity index (χ2n) is 7.61. The van der Waals surface area contributed by atoms with Crippen molar-refractivity contribution >= 4 is 11.9 Å². The van der Waals surface area contributed by atoms with Gasteiger partial charge in [0, 0.05) is 31.9 Å². The number of fused-ring (bicyclic) bond motifs is 1. The molecule has 2 aliphatic rings. The van der Waals surface area contributed by atoms with Gasteiger partial charge in [-0.1, -0.05) is 31.2 Å². The van der Waals surface area contributed by atoms with E-state index in [1.807, 2.05) is 24.0 Å². The third kappa shape index (κ3) is 3.43. The molecule has 2 aliphatic heterocycles. The standard InChI is InChI=1S/C21H26N4O/c1-15-7-10-24(11-8-15)21-22-16(2)13-19(23-21)20(26)25-12-9-17-5-3-4-6-18(17)14-25/h3-6,13,15H,7-12,14H2,1-2H3. The van der Waals surface area contributed by atoms with E-state index in [0.29, 0.717) is 18.2 Å². The van der Waals surface area contributed by atoms with Crippen LogP contribution < -0.4 is 4.90 Å². The van der Waals surface area contributed by atoms with Crippen LogP contribution in [0.1, 0.15) is 47.1 Å². The van der Waals surface area contributed by atoms with Crippen molar-refractivity contribution in [2.45, 2.75) is 39.7 Å². The lowest BCUT2D eigenvalue weighted by atomic mass is 9.99. The third-order valence-electron chi connectivity index (χ3n) is 5.55. The average molecular weight is 350 g/mol. The summed E-state index contributed by atoms with van der Waals surface area (Å²) in [5.74, 6) is 1.47. The first-order valence-electron chi connectivity index (χ1n) is 9.57. The number of piperidine rings is 1. The highest BCUT2D eigenvalue weighted by Crippen LogP contribution is 2.23. The summed E-state index contributed by atoms with van der Waals surface area (Å²) in [7, 11) is 0. The number of amides is 1. The minimum Gasteiger partial charge on any atom is -0.341 e. The second-order valence-corrected chi connectivity index (χ2v) is 7.61. The van der Waals surface area contributed by atoms with Gasteiger partial charge in [-0.3, -0.25) is 4.79 Å². The molecule has 0 N–H and O–H groups in total. The molecular weight excluding hydrogens is 324 g/mol. The molecule has 136 valence electrons. The first-order valence-corrected chi connectivity index (χ1v) is 9.57. The van der Waals surface area contributed by atoms with E-state index in [1.54, 1.807) is 0 Å². The summed E-state index contributed by atoms with van der Waals surface area (Å²) in [6.45, 7) is 7.58. The first kappa shape index (κ1) is 17.0. The van der Waals surface area contributed by atoms with E-state index in [0.717, 1.165) is 50.5 Å².